The molecule has 1 aliphatic rings. The number of aryl methyl sites for hydroxylation is 2. The fourth-order valence-electron chi connectivity index (χ4n) is 2.20. The van der Waals surface area contributed by atoms with Gasteiger partial charge in [0.15, 0.2) is 0 Å². The number of hydrogen-bond acceptors (Lipinski definition) is 2. The van der Waals surface area contributed by atoms with Gasteiger partial charge in [-0.2, -0.15) is 13.2 Å². The summed E-state index contributed by atoms with van der Waals surface area (Å²) in [6.45, 7) is -0.569. The van der Waals surface area contributed by atoms with Crippen molar-refractivity contribution >= 4 is 0 Å². The zero-order valence-corrected chi connectivity index (χ0v) is 9.96. The zero-order chi connectivity index (χ0) is 13.2. The summed E-state index contributed by atoms with van der Waals surface area (Å²) < 4.78 is 42.6. The standard InChI is InChI=1S/C13H16F3NO/c14-13(15,16)12(8-17)18-11-6-5-9-3-1-2-4-10(9)7-11/h5-7,12H,1-4,8,17H2. The average molecular weight is 259 g/mol. The van der Waals surface area contributed by atoms with Gasteiger partial charge in [-0.15, -0.1) is 0 Å². The third kappa shape index (κ3) is 2.96. The Hall–Kier alpha value is -1.23. The number of alkyl halides is 3. The molecule has 1 aromatic carbocycles. The highest BCUT2D eigenvalue weighted by Gasteiger charge is 2.40. The smallest absolute Gasteiger partial charge is 0.426 e. The van der Waals surface area contributed by atoms with Gasteiger partial charge < -0.3 is 10.5 Å². The maximum Gasteiger partial charge on any atom is 0.426 e. The molecule has 0 bridgehead atoms. The van der Waals surface area contributed by atoms with Crippen LogP contribution in [0.2, 0.25) is 0 Å². The Labute approximate surface area is 104 Å². The Morgan fingerprint density at radius 3 is 2.44 bits per heavy atom. The number of ether oxygens (including phenoxy) is 1. The first-order valence-corrected chi connectivity index (χ1v) is 6.06. The van der Waals surface area contributed by atoms with E-state index in [-0.39, 0.29) is 5.75 Å². The summed E-state index contributed by atoms with van der Waals surface area (Å²) in [6.07, 6.45) is -2.23. The number of rotatable bonds is 3. The molecule has 0 heterocycles. The third-order valence-corrected chi connectivity index (χ3v) is 3.18. The quantitative estimate of drug-likeness (QED) is 0.906. The van der Waals surface area contributed by atoms with Gasteiger partial charge in [0.2, 0.25) is 6.10 Å². The van der Waals surface area contributed by atoms with E-state index in [1.807, 2.05) is 6.07 Å². The molecule has 0 aliphatic heterocycles. The second kappa shape index (κ2) is 5.18. The van der Waals surface area contributed by atoms with Crippen LogP contribution < -0.4 is 10.5 Å². The van der Waals surface area contributed by atoms with Gasteiger partial charge >= 0.3 is 6.18 Å². The van der Waals surface area contributed by atoms with Crippen LogP contribution >= 0.6 is 0 Å². The summed E-state index contributed by atoms with van der Waals surface area (Å²) in [4.78, 5) is 0. The van der Waals surface area contributed by atoms with E-state index in [1.54, 1.807) is 12.1 Å². The van der Waals surface area contributed by atoms with Crippen LogP contribution in [0, 0.1) is 0 Å². The highest BCUT2D eigenvalue weighted by molar-refractivity contribution is 5.37. The van der Waals surface area contributed by atoms with E-state index in [0.29, 0.717) is 0 Å². The Kier molecular flexibility index (Phi) is 3.80. The van der Waals surface area contributed by atoms with Gasteiger partial charge in [-0.1, -0.05) is 6.07 Å². The van der Waals surface area contributed by atoms with Gasteiger partial charge in [0.1, 0.15) is 5.75 Å². The van der Waals surface area contributed by atoms with E-state index in [4.69, 9.17) is 10.5 Å². The molecule has 2 nitrogen and oxygen atoms in total. The Morgan fingerprint density at radius 1 is 1.17 bits per heavy atom. The van der Waals surface area contributed by atoms with Gasteiger partial charge in [-0.05, 0) is 48.9 Å². The first-order valence-electron chi connectivity index (χ1n) is 6.06. The summed E-state index contributed by atoms with van der Waals surface area (Å²) in [6, 6.07) is 5.16. The first-order chi connectivity index (χ1) is 8.50. The van der Waals surface area contributed by atoms with E-state index < -0.39 is 18.8 Å². The van der Waals surface area contributed by atoms with Gasteiger partial charge in [0.05, 0.1) is 0 Å². The lowest BCUT2D eigenvalue weighted by Crippen LogP contribution is -2.40. The second-order valence-electron chi connectivity index (χ2n) is 4.52. The van der Waals surface area contributed by atoms with Crippen LogP contribution in [0.1, 0.15) is 24.0 Å². The van der Waals surface area contributed by atoms with Gasteiger partial charge in [0.25, 0.3) is 0 Å². The predicted octanol–water partition coefficient (Wildman–Crippen LogP) is 2.83. The van der Waals surface area contributed by atoms with E-state index in [0.717, 1.165) is 31.2 Å². The van der Waals surface area contributed by atoms with Crippen molar-refractivity contribution in [2.45, 2.75) is 38.0 Å². The van der Waals surface area contributed by atoms with Crippen molar-refractivity contribution in [3.8, 4) is 5.75 Å². The van der Waals surface area contributed by atoms with Crippen molar-refractivity contribution in [3.05, 3.63) is 29.3 Å². The number of benzene rings is 1. The number of fused-ring (bicyclic) bond motifs is 1. The molecule has 100 valence electrons. The minimum Gasteiger partial charge on any atom is -0.480 e. The van der Waals surface area contributed by atoms with Crippen molar-refractivity contribution in [1.29, 1.82) is 0 Å². The van der Waals surface area contributed by atoms with Crippen molar-refractivity contribution in [2.75, 3.05) is 6.54 Å². The lowest BCUT2D eigenvalue weighted by molar-refractivity contribution is -0.191. The molecular weight excluding hydrogens is 243 g/mol. The first kappa shape index (κ1) is 13.2. The molecular formula is C13H16F3NO. The minimum atomic E-state index is -4.43. The van der Waals surface area contributed by atoms with E-state index in [1.165, 1.54) is 5.56 Å². The van der Waals surface area contributed by atoms with Crippen LogP contribution in [0.5, 0.6) is 5.75 Å². The molecule has 2 rings (SSSR count). The Morgan fingerprint density at radius 2 is 1.83 bits per heavy atom. The van der Waals surface area contributed by atoms with Crippen LogP contribution in [0.15, 0.2) is 18.2 Å². The van der Waals surface area contributed by atoms with Crippen molar-refractivity contribution in [1.82, 2.24) is 0 Å². The summed E-state index contributed by atoms with van der Waals surface area (Å²) in [5.74, 6) is 0.253. The molecule has 0 aromatic heterocycles. The highest BCUT2D eigenvalue weighted by atomic mass is 19.4. The lowest BCUT2D eigenvalue weighted by Gasteiger charge is -2.22. The largest absolute Gasteiger partial charge is 0.480 e. The fourth-order valence-corrected chi connectivity index (χ4v) is 2.20. The van der Waals surface area contributed by atoms with Crippen molar-refractivity contribution in [3.63, 3.8) is 0 Å². The molecule has 1 aliphatic carbocycles. The zero-order valence-electron chi connectivity index (χ0n) is 9.96. The lowest BCUT2D eigenvalue weighted by atomic mass is 9.92. The third-order valence-electron chi connectivity index (χ3n) is 3.18. The Balaban J connectivity index is 2.14. The van der Waals surface area contributed by atoms with Gasteiger partial charge in [0, 0.05) is 6.54 Å². The molecule has 1 aromatic rings. The summed E-state index contributed by atoms with van der Waals surface area (Å²) in [5, 5.41) is 0. The molecule has 0 saturated carbocycles. The molecule has 0 amide bonds. The van der Waals surface area contributed by atoms with Gasteiger partial charge in [-0.25, -0.2) is 0 Å². The van der Waals surface area contributed by atoms with E-state index in [2.05, 4.69) is 0 Å². The SMILES string of the molecule is NCC(Oc1ccc2c(c1)CCCC2)C(F)(F)F. The van der Waals surface area contributed by atoms with E-state index >= 15 is 0 Å². The molecule has 0 fully saturated rings. The Bertz CT molecular complexity index is 417. The highest BCUT2D eigenvalue weighted by Crippen LogP contribution is 2.28. The minimum absolute atomic E-state index is 0.253. The average Bonchev–Trinajstić information content (AvgIpc) is 2.34. The van der Waals surface area contributed by atoms with E-state index in [9.17, 15) is 13.2 Å². The van der Waals surface area contributed by atoms with Crippen LogP contribution in [-0.4, -0.2) is 18.8 Å². The molecule has 1 atom stereocenters. The maximum absolute atomic E-state index is 12.5. The fraction of sp³-hybridized carbons (Fsp3) is 0.538. The molecule has 18 heavy (non-hydrogen) atoms. The van der Waals surface area contributed by atoms with Crippen LogP contribution in [0.3, 0.4) is 0 Å². The van der Waals surface area contributed by atoms with Crippen LogP contribution in [0.25, 0.3) is 0 Å². The van der Waals surface area contributed by atoms with Crippen molar-refractivity contribution in [2.24, 2.45) is 5.73 Å². The molecule has 0 spiro atoms. The molecule has 5 heteroatoms. The number of hydrogen-bond donors (Lipinski definition) is 1. The maximum atomic E-state index is 12.5. The second-order valence-corrected chi connectivity index (χ2v) is 4.52. The van der Waals surface area contributed by atoms with Crippen LogP contribution in [0.4, 0.5) is 13.2 Å². The van der Waals surface area contributed by atoms with Crippen LogP contribution in [-0.2, 0) is 12.8 Å². The molecule has 2 N–H and O–H groups in total. The summed E-state index contributed by atoms with van der Waals surface area (Å²) in [5.41, 5.74) is 7.41. The molecule has 0 saturated heterocycles. The van der Waals surface area contributed by atoms with Crippen molar-refractivity contribution < 1.29 is 17.9 Å². The predicted molar refractivity (Wildman–Crippen MR) is 62.6 cm³/mol. The monoisotopic (exact) mass is 259 g/mol. The summed E-state index contributed by atoms with van der Waals surface area (Å²) >= 11 is 0. The topological polar surface area (TPSA) is 35.2 Å². The number of halogens is 3. The summed E-state index contributed by atoms with van der Waals surface area (Å²) in [7, 11) is 0. The molecule has 1 unspecified atom stereocenters. The molecule has 0 radical (unpaired) electrons. The number of nitrogens with two attached hydrogens (primary N) is 1. The normalized spacial score (nSPS) is 17.1. The van der Waals surface area contributed by atoms with Gasteiger partial charge in [-0.3, -0.25) is 0 Å².